The minimum absolute atomic E-state index is 0.0117. The standard InChI is InChI=1S/C24H20FN5O3S/c1-16-5-4-6-17(13-16)15-34-24-28-27-22(14-26-23(31)20-7-2-3-8-21(20)25)29(24)18-9-11-19(12-10-18)30(32)33/h2-13H,14-15H2,1H3,(H,26,31). The highest BCUT2D eigenvalue weighted by atomic mass is 32.2. The Bertz CT molecular complexity index is 1340. The van der Waals surface area contributed by atoms with Crippen molar-refractivity contribution in [3.63, 3.8) is 0 Å². The van der Waals surface area contributed by atoms with Crippen molar-refractivity contribution in [3.05, 3.63) is 111 Å². The minimum atomic E-state index is -0.619. The summed E-state index contributed by atoms with van der Waals surface area (Å²) in [4.78, 5) is 23.0. The van der Waals surface area contributed by atoms with Crippen LogP contribution in [0.5, 0.6) is 0 Å². The molecule has 0 saturated heterocycles. The molecule has 0 radical (unpaired) electrons. The van der Waals surface area contributed by atoms with E-state index in [-0.39, 0.29) is 17.8 Å². The molecule has 8 nitrogen and oxygen atoms in total. The number of hydrogen-bond donors (Lipinski definition) is 1. The van der Waals surface area contributed by atoms with Crippen LogP contribution in [-0.2, 0) is 12.3 Å². The molecule has 4 aromatic rings. The van der Waals surface area contributed by atoms with Gasteiger partial charge in [0.2, 0.25) is 0 Å². The molecular formula is C24H20FN5O3S. The zero-order chi connectivity index (χ0) is 24.1. The average Bonchev–Trinajstić information content (AvgIpc) is 3.24. The molecule has 0 atom stereocenters. The van der Waals surface area contributed by atoms with Crippen molar-refractivity contribution < 1.29 is 14.1 Å². The molecule has 1 aromatic heterocycles. The van der Waals surface area contributed by atoms with Crippen LogP contribution in [-0.4, -0.2) is 25.6 Å². The molecule has 0 aliphatic carbocycles. The van der Waals surface area contributed by atoms with Crippen molar-refractivity contribution in [2.45, 2.75) is 24.4 Å². The number of nitro groups is 1. The van der Waals surface area contributed by atoms with Crippen LogP contribution in [0.1, 0.15) is 27.3 Å². The van der Waals surface area contributed by atoms with E-state index in [0.29, 0.717) is 22.4 Å². The van der Waals surface area contributed by atoms with Gasteiger partial charge in [-0.1, -0.05) is 53.7 Å². The second-order valence-corrected chi connectivity index (χ2v) is 8.39. The Morgan fingerprint density at radius 1 is 1.09 bits per heavy atom. The number of carbonyl (C=O) groups excluding carboxylic acids is 1. The second kappa shape index (κ2) is 10.3. The molecule has 4 rings (SSSR count). The van der Waals surface area contributed by atoms with Crippen molar-refractivity contribution >= 4 is 23.4 Å². The highest BCUT2D eigenvalue weighted by Gasteiger charge is 2.18. The Hall–Kier alpha value is -4.05. The van der Waals surface area contributed by atoms with E-state index in [4.69, 9.17) is 0 Å². The molecule has 0 fully saturated rings. The molecule has 1 heterocycles. The SMILES string of the molecule is Cc1cccc(CSc2nnc(CNC(=O)c3ccccc3F)n2-c2ccc([N+](=O)[O-])cc2)c1. The second-order valence-electron chi connectivity index (χ2n) is 7.45. The fraction of sp³-hybridized carbons (Fsp3) is 0.125. The van der Waals surface area contributed by atoms with Crippen LogP contribution in [0.25, 0.3) is 5.69 Å². The quantitative estimate of drug-likeness (QED) is 0.221. The number of nitrogens with one attached hydrogen (secondary N) is 1. The highest BCUT2D eigenvalue weighted by Crippen LogP contribution is 2.26. The Balaban J connectivity index is 1.60. The average molecular weight is 478 g/mol. The number of benzene rings is 3. The van der Waals surface area contributed by atoms with Gasteiger partial charge in [-0.2, -0.15) is 0 Å². The molecule has 0 aliphatic rings. The summed E-state index contributed by atoms with van der Waals surface area (Å²) < 4.78 is 15.7. The number of rotatable bonds is 8. The van der Waals surface area contributed by atoms with Gasteiger partial charge in [0, 0.05) is 23.6 Å². The summed E-state index contributed by atoms with van der Waals surface area (Å²) in [6, 6.07) is 19.8. The summed E-state index contributed by atoms with van der Waals surface area (Å²) in [6.07, 6.45) is 0. The zero-order valence-electron chi connectivity index (χ0n) is 18.1. The van der Waals surface area contributed by atoms with E-state index < -0.39 is 16.6 Å². The molecule has 10 heteroatoms. The van der Waals surface area contributed by atoms with Crippen molar-refractivity contribution in [1.29, 1.82) is 0 Å². The van der Waals surface area contributed by atoms with Gasteiger partial charge in [0.25, 0.3) is 11.6 Å². The topological polar surface area (TPSA) is 103 Å². The number of hydrogen-bond acceptors (Lipinski definition) is 6. The number of carbonyl (C=O) groups is 1. The normalized spacial score (nSPS) is 10.8. The predicted octanol–water partition coefficient (Wildman–Crippen LogP) is 4.85. The van der Waals surface area contributed by atoms with Crippen LogP contribution < -0.4 is 5.32 Å². The lowest BCUT2D eigenvalue weighted by Crippen LogP contribution is -2.25. The van der Waals surface area contributed by atoms with E-state index >= 15 is 0 Å². The Labute approximate surface area is 199 Å². The molecule has 1 amide bonds. The Morgan fingerprint density at radius 2 is 1.85 bits per heavy atom. The van der Waals surface area contributed by atoms with Crippen molar-refractivity contribution in [3.8, 4) is 5.69 Å². The maximum absolute atomic E-state index is 14.0. The zero-order valence-corrected chi connectivity index (χ0v) is 19.0. The van der Waals surface area contributed by atoms with E-state index in [1.54, 1.807) is 22.8 Å². The first-order valence-electron chi connectivity index (χ1n) is 10.3. The van der Waals surface area contributed by atoms with Crippen LogP contribution in [0.3, 0.4) is 0 Å². The number of aryl methyl sites for hydroxylation is 1. The van der Waals surface area contributed by atoms with Crippen LogP contribution in [0.2, 0.25) is 0 Å². The molecule has 0 aliphatic heterocycles. The molecular weight excluding hydrogens is 457 g/mol. The van der Waals surface area contributed by atoms with Crippen molar-refractivity contribution in [2.24, 2.45) is 0 Å². The fourth-order valence-corrected chi connectivity index (χ4v) is 4.25. The fourth-order valence-electron chi connectivity index (χ4n) is 3.34. The number of nitrogens with zero attached hydrogens (tertiary/aromatic N) is 4. The third-order valence-electron chi connectivity index (χ3n) is 5.00. The van der Waals surface area contributed by atoms with Crippen LogP contribution in [0.15, 0.2) is 78.0 Å². The first-order chi connectivity index (χ1) is 16.4. The lowest BCUT2D eigenvalue weighted by atomic mass is 10.2. The number of halogens is 1. The minimum Gasteiger partial charge on any atom is -0.345 e. The third kappa shape index (κ3) is 5.29. The van der Waals surface area contributed by atoms with Gasteiger partial charge in [-0.25, -0.2) is 4.39 Å². The molecule has 0 spiro atoms. The monoisotopic (exact) mass is 477 g/mol. The maximum Gasteiger partial charge on any atom is 0.269 e. The third-order valence-corrected chi connectivity index (χ3v) is 6.00. The Morgan fingerprint density at radius 3 is 2.56 bits per heavy atom. The van der Waals surface area contributed by atoms with Gasteiger partial charge in [-0.05, 0) is 36.8 Å². The first-order valence-corrected chi connectivity index (χ1v) is 11.3. The van der Waals surface area contributed by atoms with Crippen molar-refractivity contribution in [1.82, 2.24) is 20.1 Å². The number of thioether (sulfide) groups is 1. The summed E-state index contributed by atoms with van der Waals surface area (Å²) >= 11 is 1.45. The molecule has 3 aromatic carbocycles. The maximum atomic E-state index is 14.0. The van der Waals surface area contributed by atoms with Gasteiger partial charge < -0.3 is 5.32 Å². The molecule has 0 unspecified atom stereocenters. The van der Waals surface area contributed by atoms with Crippen LogP contribution in [0.4, 0.5) is 10.1 Å². The van der Waals surface area contributed by atoms with Gasteiger partial charge in [0.05, 0.1) is 17.0 Å². The molecule has 172 valence electrons. The largest absolute Gasteiger partial charge is 0.345 e. The molecule has 0 bridgehead atoms. The summed E-state index contributed by atoms with van der Waals surface area (Å²) in [6.45, 7) is 2.01. The molecule has 1 N–H and O–H groups in total. The summed E-state index contributed by atoms with van der Waals surface area (Å²) in [5, 5.41) is 22.8. The van der Waals surface area contributed by atoms with Crippen molar-refractivity contribution in [2.75, 3.05) is 0 Å². The predicted molar refractivity (Wildman–Crippen MR) is 126 cm³/mol. The number of nitro benzene ring substituents is 1. The van der Waals surface area contributed by atoms with Gasteiger partial charge in [0.15, 0.2) is 11.0 Å². The van der Waals surface area contributed by atoms with E-state index in [9.17, 15) is 19.3 Å². The summed E-state index contributed by atoms with van der Waals surface area (Å²) in [5.74, 6) is -0.157. The van der Waals surface area contributed by atoms with Gasteiger partial charge in [-0.15, -0.1) is 10.2 Å². The van der Waals surface area contributed by atoms with Gasteiger partial charge in [0.1, 0.15) is 5.82 Å². The van der Waals surface area contributed by atoms with Gasteiger partial charge in [-0.3, -0.25) is 19.5 Å². The number of non-ortho nitro benzene ring substituents is 1. The van der Waals surface area contributed by atoms with Gasteiger partial charge >= 0.3 is 0 Å². The number of amides is 1. The number of aromatic nitrogens is 3. The van der Waals surface area contributed by atoms with E-state index in [2.05, 4.69) is 21.6 Å². The van der Waals surface area contributed by atoms with Crippen LogP contribution in [0, 0.1) is 22.9 Å². The van der Waals surface area contributed by atoms with E-state index in [1.807, 2.05) is 25.1 Å². The molecule has 34 heavy (non-hydrogen) atoms. The summed E-state index contributed by atoms with van der Waals surface area (Å²) in [7, 11) is 0. The lowest BCUT2D eigenvalue weighted by molar-refractivity contribution is -0.384. The Kier molecular flexibility index (Phi) is 6.98. The van der Waals surface area contributed by atoms with Crippen LogP contribution >= 0.6 is 11.8 Å². The molecule has 0 saturated carbocycles. The summed E-state index contributed by atoms with van der Waals surface area (Å²) in [5.41, 5.74) is 2.75. The van der Waals surface area contributed by atoms with E-state index in [1.165, 1.54) is 42.1 Å². The lowest BCUT2D eigenvalue weighted by Gasteiger charge is -2.11. The van der Waals surface area contributed by atoms with E-state index in [0.717, 1.165) is 11.1 Å². The smallest absolute Gasteiger partial charge is 0.269 e. The highest BCUT2D eigenvalue weighted by molar-refractivity contribution is 7.98. The first kappa shape index (κ1) is 23.1.